The zero-order valence-corrected chi connectivity index (χ0v) is 16.4. The topological polar surface area (TPSA) is 54.0 Å². The van der Waals surface area contributed by atoms with Crippen LogP contribution < -0.4 is 10.6 Å². The summed E-state index contributed by atoms with van der Waals surface area (Å²) in [7, 11) is 0. The molecular weight excluding hydrogens is 358 g/mol. The Kier molecular flexibility index (Phi) is 4.39. The summed E-state index contributed by atoms with van der Waals surface area (Å²) in [5.74, 6) is 0.393. The van der Waals surface area contributed by atoms with Gasteiger partial charge in [0.15, 0.2) is 5.78 Å². The van der Waals surface area contributed by atoms with Crippen LogP contribution in [0, 0.1) is 6.92 Å². The van der Waals surface area contributed by atoms with Crippen molar-refractivity contribution in [1.82, 2.24) is 4.98 Å². The van der Waals surface area contributed by atoms with E-state index in [2.05, 4.69) is 58.9 Å². The van der Waals surface area contributed by atoms with E-state index in [1.807, 2.05) is 24.3 Å². The van der Waals surface area contributed by atoms with Crippen LogP contribution in [0.3, 0.4) is 0 Å². The number of hydrogen-bond donors (Lipinski definition) is 2. The Bertz CT molecular complexity index is 1090. The summed E-state index contributed by atoms with van der Waals surface area (Å²) in [4.78, 5) is 17.6. The van der Waals surface area contributed by atoms with Crippen LogP contribution in [0.5, 0.6) is 0 Å². The molecule has 0 bridgehead atoms. The molecule has 0 fully saturated rings. The molecule has 2 aromatic carbocycles. The predicted octanol–water partition coefficient (Wildman–Crippen LogP) is 5.37. The fourth-order valence-electron chi connectivity index (χ4n) is 4.37. The van der Waals surface area contributed by atoms with Crippen molar-refractivity contribution in [3.05, 3.63) is 101 Å². The van der Waals surface area contributed by atoms with Crippen LogP contribution >= 0.6 is 0 Å². The lowest BCUT2D eigenvalue weighted by atomic mass is 9.78. The number of pyridine rings is 1. The number of anilines is 2. The third kappa shape index (κ3) is 3.31. The molecule has 1 aromatic heterocycles. The molecule has 2 atom stereocenters. The second-order valence-electron chi connectivity index (χ2n) is 7.86. The van der Waals surface area contributed by atoms with Gasteiger partial charge in [0.1, 0.15) is 0 Å². The van der Waals surface area contributed by atoms with E-state index in [0.29, 0.717) is 6.42 Å². The molecule has 2 N–H and O–H groups in total. The summed E-state index contributed by atoms with van der Waals surface area (Å²) in [6, 6.07) is 20.5. The van der Waals surface area contributed by atoms with E-state index >= 15 is 0 Å². The predicted molar refractivity (Wildman–Crippen MR) is 116 cm³/mol. The van der Waals surface area contributed by atoms with Gasteiger partial charge in [0, 0.05) is 30.1 Å². The third-order valence-corrected chi connectivity index (χ3v) is 5.90. The number of fused-ring (bicyclic) bond motifs is 1. The van der Waals surface area contributed by atoms with Crippen molar-refractivity contribution in [2.45, 2.75) is 31.7 Å². The molecule has 2 unspecified atom stereocenters. The lowest BCUT2D eigenvalue weighted by Crippen LogP contribution is -2.26. The second kappa shape index (κ2) is 7.21. The molecule has 0 saturated heterocycles. The average Bonchev–Trinajstić information content (AvgIpc) is 2.92. The first-order valence-electron chi connectivity index (χ1n) is 10.0. The Morgan fingerprint density at radius 3 is 2.34 bits per heavy atom. The molecule has 5 rings (SSSR count). The molecule has 29 heavy (non-hydrogen) atoms. The van der Waals surface area contributed by atoms with Crippen molar-refractivity contribution in [3.8, 4) is 0 Å². The number of nitrogens with one attached hydrogen (secondary N) is 2. The zero-order valence-electron chi connectivity index (χ0n) is 16.4. The molecule has 0 spiro atoms. The molecule has 3 aromatic rings. The number of aryl methyl sites for hydroxylation is 1. The van der Waals surface area contributed by atoms with Crippen LogP contribution in [0.4, 0.5) is 11.4 Å². The van der Waals surface area contributed by atoms with Gasteiger partial charge in [-0.15, -0.1) is 0 Å². The van der Waals surface area contributed by atoms with E-state index in [9.17, 15) is 4.79 Å². The third-order valence-electron chi connectivity index (χ3n) is 5.90. The minimum atomic E-state index is -0.185. The molecule has 4 heteroatoms. The van der Waals surface area contributed by atoms with Gasteiger partial charge in [0.25, 0.3) is 0 Å². The molecule has 0 saturated carbocycles. The van der Waals surface area contributed by atoms with Gasteiger partial charge < -0.3 is 10.6 Å². The number of aromatic nitrogens is 1. The zero-order chi connectivity index (χ0) is 19.8. The Balaban J connectivity index is 1.60. The van der Waals surface area contributed by atoms with E-state index in [4.69, 9.17) is 0 Å². The molecule has 2 aliphatic rings. The normalized spacial score (nSPS) is 20.8. The Hall–Kier alpha value is -3.40. The fraction of sp³-hybridized carbons (Fsp3) is 0.200. The molecule has 0 radical (unpaired) electrons. The van der Waals surface area contributed by atoms with E-state index in [1.165, 1.54) is 11.1 Å². The number of Topliss-reactive ketones (excluding diaryl/α,β-unsaturated/α-hetero) is 1. The molecule has 1 aliphatic carbocycles. The number of ketones is 1. The maximum atomic E-state index is 13.4. The lowest BCUT2D eigenvalue weighted by molar-refractivity contribution is -0.116. The van der Waals surface area contributed by atoms with Crippen LogP contribution in [0.2, 0.25) is 0 Å². The monoisotopic (exact) mass is 381 g/mol. The van der Waals surface area contributed by atoms with Crippen molar-refractivity contribution >= 4 is 17.2 Å². The van der Waals surface area contributed by atoms with Gasteiger partial charge >= 0.3 is 0 Å². The minimum Gasteiger partial charge on any atom is -0.372 e. The number of carbonyl (C=O) groups is 1. The maximum Gasteiger partial charge on any atom is 0.163 e. The molecule has 1 aliphatic heterocycles. The van der Waals surface area contributed by atoms with Gasteiger partial charge in [-0.1, -0.05) is 42.0 Å². The number of nitrogens with zero attached hydrogens (tertiary/aromatic N) is 1. The van der Waals surface area contributed by atoms with Crippen molar-refractivity contribution in [1.29, 1.82) is 0 Å². The Morgan fingerprint density at radius 2 is 1.59 bits per heavy atom. The quantitative estimate of drug-likeness (QED) is 0.627. The first kappa shape index (κ1) is 17.7. The van der Waals surface area contributed by atoms with E-state index in [1.54, 1.807) is 12.4 Å². The van der Waals surface area contributed by atoms with Crippen molar-refractivity contribution < 1.29 is 4.79 Å². The van der Waals surface area contributed by atoms with Crippen molar-refractivity contribution in [3.63, 3.8) is 0 Å². The van der Waals surface area contributed by atoms with E-state index < -0.39 is 0 Å². The van der Waals surface area contributed by atoms with Gasteiger partial charge in [0.2, 0.25) is 0 Å². The summed E-state index contributed by atoms with van der Waals surface area (Å²) in [6.07, 6.45) is 4.92. The van der Waals surface area contributed by atoms with Crippen LogP contribution in [0.15, 0.2) is 84.3 Å². The lowest BCUT2D eigenvalue weighted by Gasteiger charge is -2.30. The van der Waals surface area contributed by atoms with E-state index in [-0.39, 0.29) is 17.7 Å². The summed E-state index contributed by atoms with van der Waals surface area (Å²) in [6.45, 7) is 2.09. The number of hydrogen-bond acceptors (Lipinski definition) is 4. The molecule has 144 valence electrons. The number of allylic oxidation sites excluding steroid dienone is 1. The van der Waals surface area contributed by atoms with Gasteiger partial charge in [-0.3, -0.25) is 9.78 Å². The highest BCUT2D eigenvalue weighted by Crippen LogP contribution is 2.44. The summed E-state index contributed by atoms with van der Waals surface area (Å²) in [5.41, 5.74) is 7.38. The number of benzene rings is 2. The number of rotatable bonds is 2. The maximum absolute atomic E-state index is 13.4. The highest BCUT2D eigenvalue weighted by molar-refractivity contribution is 6.01. The van der Waals surface area contributed by atoms with E-state index in [0.717, 1.165) is 34.6 Å². The molecule has 4 nitrogen and oxygen atoms in total. The van der Waals surface area contributed by atoms with Crippen LogP contribution in [-0.4, -0.2) is 10.8 Å². The largest absolute Gasteiger partial charge is 0.372 e. The number of carbonyl (C=O) groups excluding carboxylic acids is 1. The smallest absolute Gasteiger partial charge is 0.163 e. The van der Waals surface area contributed by atoms with Gasteiger partial charge in [-0.05, 0) is 54.7 Å². The van der Waals surface area contributed by atoms with Crippen molar-refractivity contribution in [2.75, 3.05) is 10.6 Å². The van der Waals surface area contributed by atoms with Crippen LogP contribution in [0.25, 0.3) is 0 Å². The Morgan fingerprint density at radius 1 is 0.862 bits per heavy atom. The average molecular weight is 381 g/mol. The van der Waals surface area contributed by atoms with Crippen LogP contribution in [0.1, 0.15) is 41.5 Å². The molecule has 2 heterocycles. The second-order valence-corrected chi connectivity index (χ2v) is 7.86. The molecule has 0 amide bonds. The van der Waals surface area contributed by atoms with Crippen LogP contribution in [-0.2, 0) is 4.79 Å². The van der Waals surface area contributed by atoms with Gasteiger partial charge in [0.05, 0.1) is 17.4 Å². The first-order chi connectivity index (χ1) is 14.2. The standard InChI is InChI=1S/C25H23N3O/c1-16-6-8-17(9-7-16)19-14-22-24(23(29)15-19)25(18-10-12-26-13-11-18)28-21-5-3-2-4-20(21)27-22/h2-13,19,25,27-28H,14-15H2,1H3. The fourth-order valence-corrected chi connectivity index (χ4v) is 4.37. The molecular formula is C25H23N3O. The SMILES string of the molecule is Cc1ccc(C2CC(=O)C3=C(C2)Nc2ccccc2NC3c2ccncc2)cc1. The highest BCUT2D eigenvalue weighted by Gasteiger charge is 2.35. The summed E-state index contributed by atoms with van der Waals surface area (Å²) >= 11 is 0. The first-order valence-corrected chi connectivity index (χ1v) is 10.0. The summed E-state index contributed by atoms with van der Waals surface area (Å²) in [5, 5.41) is 7.18. The summed E-state index contributed by atoms with van der Waals surface area (Å²) < 4.78 is 0. The van der Waals surface area contributed by atoms with Crippen molar-refractivity contribution in [2.24, 2.45) is 0 Å². The van der Waals surface area contributed by atoms with Gasteiger partial charge in [-0.25, -0.2) is 0 Å². The number of para-hydroxylation sites is 2. The highest BCUT2D eigenvalue weighted by atomic mass is 16.1. The minimum absolute atomic E-state index is 0.185. The Labute approximate surface area is 170 Å². The van der Waals surface area contributed by atoms with Gasteiger partial charge in [-0.2, -0.15) is 0 Å².